The number of rotatable bonds is 11. The minimum atomic E-state index is -0.411. The first-order valence-electron chi connectivity index (χ1n) is 13.7. The largest absolute Gasteiger partial charge is 0.497 e. The van der Waals surface area contributed by atoms with E-state index in [1.54, 1.807) is 54.0 Å². The lowest BCUT2D eigenvalue weighted by Gasteiger charge is -2.12. The predicted molar refractivity (Wildman–Crippen MR) is 167 cm³/mol. The minimum absolute atomic E-state index is 0.0136. The molecule has 13 heteroatoms. The lowest BCUT2D eigenvalue weighted by atomic mass is 9.95. The summed E-state index contributed by atoms with van der Waals surface area (Å²) in [5, 5.41) is 15.9. The Kier molecular flexibility index (Phi) is 10.0. The van der Waals surface area contributed by atoms with Crippen LogP contribution < -0.4 is 15.4 Å². The number of anilines is 1. The summed E-state index contributed by atoms with van der Waals surface area (Å²) in [6.07, 6.45) is 3.74. The van der Waals surface area contributed by atoms with Gasteiger partial charge >= 0.3 is 5.97 Å². The molecule has 2 aromatic carbocycles. The highest BCUT2D eigenvalue weighted by molar-refractivity contribution is 7.99. The van der Waals surface area contributed by atoms with E-state index in [1.165, 1.54) is 30.2 Å². The van der Waals surface area contributed by atoms with E-state index >= 15 is 0 Å². The molecule has 2 heterocycles. The van der Waals surface area contributed by atoms with Crippen molar-refractivity contribution in [2.45, 2.75) is 44.3 Å². The molecule has 5 rings (SSSR count). The van der Waals surface area contributed by atoms with Gasteiger partial charge in [0.2, 0.25) is 5.91 Å². The molecule has 1 aliphatic carbocycles. The molecule has 0 aliphatic heterocycles. The highest BCUT2D eigenvalue weighted by Crippen LogP contribution is 2.39. The number of nitrogens with zero attached hydrogens (tertiary/aromatic N) is 3. The molecule has 0 radical (unpaired) electrons. The molecule has 2 aromatic heterocycles. The molecule has 224 valence electrons. The number of benzene rings is 2. The van der Waals surface area contributed by atoms with E-state index in [-0.39, 0.29) is 30.7 Å². The zero-order valence-corrected chi connectivity index (χ0v) is 26.0. The first kappa shape index (κ1) is 30.6. The van der Waals surface area contributed by atoms with E-state index in [0.29, 0.717) is 43.6 Å². The Balaban J connectivity index is 1.33. The van der Waals surface area contributed by atoms with Crippen molar-refractivity contribution in [3.63, 3.8) is 0 Å². The van der Waals surface area contributed by atoms with E-state index in [9.17, 15) is 14.4 Å². The van der Waals surface area contributed by atoms with Gasteiger partial charge in [-0.3, -0.25) is 14.2 Å². The zero-order chi connectivity index (χ0) is 30.3. The number of amides is 2. The molecule has 0 saturated carbocycles. The number of aromatic nitrogens is 3. The van der Waals surface area contributed by atoms with Gasteiger partial charge in [0.15, 0.2) is 11.0 Å². The summed E-state index contributed by atoms with van der Waals surface area (Å²) >= 11 is 8.91. The Morgan fingerprint density at radius 2 is 1.91 bits per heavy atom. The summed E-state index contributed by atoms with van der Waals surface area (Å²) in [6.45, 7) is 2.10. The van der Waals surface area contributed by atoms with Crippen LogP contribution in [0.15, 0.2) is 53.7 Å². The molecule has 0 unspecified atom stereocenters. The molecular weight excluding hydrogens is 610 g/mol. The van der Waals surface area contributed by atoms with Crippen LogP contribution >= 0.6 is 34.7 Å². The van der Waals surface area contributed by atoms with E-state index in [1.807, 2.05) is 6.07 Å². The number of ether oxygens (including phenoxy) is 2. The van der Waals surface area contributed by atoms with Gasteiger partial charge in [0.25, 0.3) is 5.91 Å². The molecule has 0 saturated heterocycles. The van der Waals surface area contributed by atoms with Crippen LogP contribution in [0.25, 0.3) is 5.69 Å². The Hall–Kier alpha value is -3.87. The number of aryl methyl sites for hydroxylation is 1. The van der Waals surface area contributed by atoms with Crippen LogP contribution in [0.4, 0.5) is 5.00 Å². The number of hydrogen-bond acceptors (Lipinski definition) is 9. The van der Waals surface area contributed by atoms with Crippen LogP contribution in [0.2, 0.25) is 5.02 Å². The number of halogens is 1. The second kappa shape index (κ2) is 14.1. The molecule has 2 amide bonds. The standard InChI is InChI=1S/C30H30ClN5O5S2/c1-3-41-29(39)26-22-12-4-5-13-23(22)43-28(26)33-25(37)17-42-30-35-34-24(36(30)20-10-7-9-19(31)15-20)16-32-27(38)18-8-6-11-21(14-18)40-2/h6-11,14-15H,3-5,12-13,16-17H2,1-2H3,(H,32,38)(H,33,37). The number of carbonyl (C=O) groups is 3. The smallest absolute Gasteiger partial charge is 0.341 e. The molecule has 0 fully saturated rings. The lowest BCUT2D eigenvalue weighted by molar-refractivity contribution is -0.113. The van der Waals surface area contributed by atoms with Crippen LogP contribution in [-0.4, -0.2) is 52.0 Å². The molecule has 4 aromatic rings. The average molecular weight is 640 g/mol. The number of carbonyl (C=O) groups excluding carboxylic acids is 3. The molecule has 0 spiro atoms. The average Bonchev–Trinajstić information content (AvgIpc) is 3.59. The van der Waals surface area contributed by atoms with Crippen molar-refractivity contribution in [2.75, 3.05) is 24.8 Å². The van der Waals surface area contributed by atoms with Crippen molar-refractivity contribution in [3.8, 4) is 11.4 Å². The topological polar surface area (TPSA) is 124 Å². The normalized spacial score (nSPS) is 12.3. The number of methoxy groups -OCH3 is 1. The molecule has 2 N–H and O–H groups in total. The third kappa shape index (κ3) is 7.20. The molecular formula is C30H30ClN5O5S2. The summed E-state index contributed by atoms with van der Waals surface area (Å²) < 4.78 is 12.3. The van der Waals surface area contributed by atoms with E-state index in [0.717, 1.165) is 36.1 Å². The van der Waals surface area contributed by atoms with Gasteiger partial charge in [0.1, 0.15) is 10.8 Å². The first-order chi connectivity index (χ1) is 20.9. The molecule has 1 aliphatic rings. The van der Waals surface area contributed by atoms with Crippen LogP contribution in [0.5, 0.6) is 5.75 Å². The van der Waals surface area contributed by atoms with Crippen molar-refractivity contribution < 1.29 is 23.9 Å². The van der Waals surface area contributed by atoms with Crippen LogP contribution in [0.3, 0.4) is 0 Å². The number of fused-ring (bicyclic) bond motifs is 1. The maximum atomic E-state index is 13.1. The van der Waals surface area contributed by atoms with E-state index in [2.05, 4.69) is 20.8 Å². The number of thiophene rings is 1. The maximum Gasteiger partial charge on any atom is 0.341 e. The highest BCUT2D eigenvalue weighted by atomic mass is 35.5. The second-order valence-corrected chi connectivity index (χ2v) is 12.1. The number of esters is 1. The van der Waals surface area contributed by atoms with Gasteiger partial charge in [-0.2, -0.15) is 0 Å². The van der Waals surface area contributed by atoms with Gasteiger partial charge in [0, 0.05) is 15.5 Å². The van der Waals surface area contributed by atoms with Gasteiger partial charge in [-0.05, 0) is 74.6 Å². The van der Waals surface area contributed by atoms with Gasteiger partial charge in [-0.15, -0.1) is 21.5 Å². The minimum Gasteiger partial charge on any atom is -0.497 e. The zero-order valence-electron chi connectivity index (χ0n) is 23.6. The van der Waals surface area contributed by atoms with Crippen LogP contribution in [0.1, 0.15) is 56.7 Å². The lowest BCUT2D eigenvalue weighted by Crippen LogP contribution is -2.24. The summed E-state index contributed by atoms with van der Waals surface area (Å²) in [5.41, 5.74) is 2.58. The van der Waals surface area contributed by atoms with Crippen LogP contribution in [-0.2, 0) is 28.9 Å². The summed E-state index contributed by atoms with van der Waals surface area (Å²) in [4.78, 5) is 39.9. The quantitative estimate of drug-likeness (QED) is 0.158. The maximum absolute atomic E-state index is 13.1. The Morgan fingerprint density at radius 3 is 2.70 bits per heavy atom. The fourth-order valence-corrected chi connectivity index (χ4v) is 7.02. The summed E-state index contributed by atoms with van der Waals surface area (Å²) in [7, 11) is 1.54. The van der Waals surface area contributed by atoms with Gasteiger partial charge < -0.3 is 20.1 Å². The third-order valence-corrected chi connectivity index (χ3v) is 9.11. The SMILES string of the molecule is CCOC(=O)c1c(NC(=O)CSc2nnc(CNC(=O)c3cccc(OC)c3)n2-c2cccc(Cl)c2)sc2c1CCCC2. The van der Waals surface area contributed by atoms with E-state index < -0.39 is 5.97 Å². The molecule has 0 atom stereocenters. The Bertz CT molecular complexity index is 1650. The number of nitrogens with one attached hydrogen (secondary N) is 2. The first-order valence-corrected chi connectivity index (χ1v) is 15.9. The second-order valence-electron chi connectivity index (χ2n) is 9.60. The van der Waals surface area contributed by atoms with Crippen molar-refractivity contribution in [1.82, 2.24) is 20.1 Å². The molecule has 43 heavy (non-hydrogen) atoms. The number of hydrogen-bond donors (Lipinski definition) is 2. The summed E-state index contributed by atoms with van der Waals surface area (Å²) in [6, 6.07) is 14.0. The van der Waals surface area contributed by atoms with Crippen molar-refractivity contribution in [3.05, 3.63) is 80.9 Å². The monoisotopic (exact) mass is 639 g/mol. The van der Waals surface area contributed by atoms with Gasteiger partial charge in [-0.1, -0.05) is 35.5 Å². The fourth-order valence-electron chi connectivity index (χ4n) is 4.77. The van der Waals surface area contributed by atoms with E-state index in [4.69, 9.17) is 21.1 Å². The fraction of sp³-hybridized carbons (Fsp3) is 0.300. The van der Waals surface area contributed by atoms with Crippen molar-refractivity contribution in [1.29, 1.82) is 0 Å². The third-order valence-electron chi connectivity index (χ3n) is 6.74. The van der Waals surface area contributed by atoms with Gasteiger partial charge in [-0.25, -0.2) is 4.79 Å². The van der Waals surface area contributed by atoms with Gasteiger partial charge in [0.05, 0.1) is 37.3 Å². The van der Waals surface area contributed by atoms with Crippen molar-refractivity contribution in [2.24, 2.45) is 0 Å². The predicted octanol–water partition coefficient (Wildman–Crippen LogP) is 5.71. The van der Waals surface area contributed by atoms with Crippen LogP contribution in [0, 0.1) is 0 Å². The number of thioether (sulfide) groups is 1. The Morgan fingerprint density at radius 1 is 1.09 bits per heavy atom. The summed E-state index contributed by atoms with van der Waals surface area (Å²) in [5.74, 6) is 0.0402. The molecule has 0 bridgehead atoms. The molecule has 10 nitrogen and oxygen atoms in total. The van der Waals surface area contributed by atoms with Crippen molar-refractivity contribution >= 4 is 57.5 Å². The highest BCUT2D eigenvalue weighted by Gasteiger charge is 2.27. The Labute approximate surface area is 262 Å².